The average molecular weight is 466 g/mol. The van der Waals surface area contributed by atoms with E-state index >= 15 is 0 Å². The molecule has 0 saturated carbocycles. The fourth-order valence-electron chi connectivity index (χ4n) is 3.65. The fourth-order valence-corrected chi connectivity index (χ4v) is 5.38. The van der Waals surface area contributed by atoms with Crippen molar-refractivity contribution >= 4 is 50.7 Å². The van der Waals surface area contributed by atoms with Crippen LogP contribution in [0.15, 0.2) is 23.0 Å². The SMILES string of the molecule is CCCc1nc2sc3c(c2c(=O)n1NC(=O)COc1ccc(Cl)cc1Cl)CCCC3. The van der Waals surface area contributed by atoms with Crippen LogP contribution in [0.25, 0.3) is 10.2 Å². The van der Waals surface area contributed by atoms with E-state index in [0.29, 0.717) is 33.4 Å². The summed E-state index contributed by atoms with van der Waals surface area (Å²) in [7, 11) is 0. The van der Waals surface area contributed by atoms with Crippen molar-refractivity contribution < 1.29 is 9.53 Å². The Morgan fingerprint density at radius 2 is 2.10 bits per heavy atom. The van der Waals surface area contributed by atoms with Gasteiger partial charge in [0.2, 0.25) is 0 Å². The van der Waals surface area contributed by atoms with Gasteiger partial charge in [-0.2, -0.15) is 0 Å². The van der Waals surface area contributed by atoms with E-state index in [1.165, 1.54) is 15.6 Å². The van der Waals surface area contributed by atoms with Crippen LogP contribution < -0.4 is 15.7 Å². The number of carbonyl (C=O) groups is 1. The molecule has 158 valence electrons. The predicted molar refractivity (Wildman–Crippen MR) is 121 cm³/mol. The first-order valence-corrected chi connectivity index (χ1v) is 11.5. The molecular formula is C21H21Cl2N3O3S. The minimum absolute atomic E-state index is 0.222. The number of halogens is 2. The van der Waals surface area contributed by atoms with E-state index in [4.69, 9.17) is 32.9 Å². The Labute approximate surface area is 187 Å². The molecular weight excluding hydrogens is 445 g/mol. The smallest absolute Gasteiger partial charge is 0.281 e. The first-order chi connectivity index (χ1) is 14.5. The largest absolute Gasteiger partial charge is 0.482 e. The first kappa shape index (κ1) is 21.2. The molecule has 0 aliphatic heterocycles. The van der Waals surface area contributed by atoms with Crippen molar-refractivity contribution in [3.63, 3.8) is 0 Å². The van der Waals surface area contributed by atoms with Gasteiger partial charge in [0.25, 0.3) is 11.5 Å². The maximum atomic E-state index is 13.3. The number of rotatable bonds is 6. The molecule has 1 aromatic carbocycles. The Morgan fingerprint density at radius 1 is 1.30 bits per heavy atom. The second-order valence-electron chi connectivity index (χ2n) is 7.21. The normalized spacial score (nSPS) is 13.3. The van der Waals surface area contributed by atoms with Crippen molar-refractivity contribution in [2.75, 3.05) is 12.0 Å². The molecule has 0 saturated heterocycles. The fraction of sp³-hybridized carbons (Fsp3) is 0.381. The Bertz CT molecular complexity index is 1170. The highest BCUT2D eigenvalue weighted by Crippen LogP contribution is 2.33. The van der Waals surface area contributed by atoms with Crippen LogP contribution in [0.5, 0.6) is 5.75 Å². The second-order valence-corrected chi connectivity index (χ2v) is 9.14. The number of benzene rings is 1. The van der Waals surface area contributed by atoms with Crippen molar-refractivity contribution in [3.05, 3.63) is 54.9 Å². The van der Waals surface area contributed by atoms with Crippen LogP contribution in [0.2, 0.25) is 10.0 Å². The van der Waals surface area contributed by atoms with Crippen molar-refractivity contribution in [2.45, 2.75) is 45.4 Å². The lowest BCUT2D eigenvalue weighted by Gasteiger charge is -2.15. The van der Waals surface area contributed by atoms with Crippen LogP contribution in [0.4, 0.5) is 0 Å². The molecule has 3 aromatic rings. The van der Waals surface area contributed by atoms with Crippen LogP contribution in [-0.2, 0) is 24.1 Å². The lowest BCUT2D eigenvalue weighted by molar-refractivity contribution is -0.119. The minimum atomic E-state index is -0.467. The Balaban J connectivity index is 1.62. The van der Waals surface area contributed by atoms with E-state index in [9.17, 15) is 9.59 Å². The molecule has 1 amide bonds. The number of nitrogens with one attached hydrogen (secondary N) is 1. The number of hydrogen-bond donors (Lipinski definition) is 1. The quantitative estimate of drug-likeness (QED) is 0.570. The van der Waals surface area contributed by atoms with E-state index in [1.807, 2.05) is 6.92 Å². The summed E-state index contributed by atoms with van der Waals surface area (Å²) in [4.78, 5) is 32.6. The molecule has 0 fully saturated rings. The number of hydrogen-bond acceptors (Lipinski definition) is 5. The molecule has 6 nitrogen and oxygen atoms in total. The van der Waals surface area contributed by atoms with Gasteiger partial charge in [-0.25, -0.2) is 9.66 Å². The molecule has 1 aliphatic rings. The van der Waals surface area contributed by atoms with E-state index in [2.05, 4.69) is 5.43 Å². The molecule has 2 aromatic heterocycles. The number of nitrogens with zero attached hydrogens (tertiary/aromatic N) is 2. The van der Waals surface area contributed by atoms with Crippen molar-refractivity contribution in [1.29, 1.82) is 0 Å². The predicted octanol–water partition coefficient (Wildman–Crippen LogP) is 4.75. The van der Waals surface area contributed by atoms with Crippen LogP contribution in [0.1, 0.15) is 42.5 Å². The summed E-state index contributed by atoms with van der Waals surface area (Å²) >= 11 is 13.6. The van der Waals surface area contributed by atoms with Gasteiger partial charge < -0.3 is 4.74 Å². The van der Waals surface area contributed by atoms with Crippen LogP contribution >= 0.6 is 34.5 Å². The van der Waals surface area contributed by atoms with Gasteiger partial charge in [-0.05, 0) is 55.9 Å². The Hall–Kier alpha value is -2.09. The average Bonchev–Trinajstić information content (AvgIpc) is 3.09. The summed E-state index contributed by atoms with van der Waals surface area (Å²) in [5.41, 5.74) is 3.54. The third-order valence-corrected chi connectivity index (χ3v) is 6.74. The highest BCUT2D eigenvalue weighted by molar-refractivity contribution is 7.18. The maximum absolute atomic E-state index is 13.3. The van der Waals surface area contributed by atoms with Gasteiger partial charge >= 0.3 is 0 Å². The number of fused-ring (bicyclic) bond motifs is 3. The third kappa shape index (κ3) is 4.19. The molecule has 0 bridgehead atoms. The lowest BCUT2D eigenvalue weighted by atomic mass is 9.97. The van der Waals surface area contributed by atoms with Gasteiger partial charge in [0, 0.05) is 16.3 Å². The van der Waals surface area contributed by atoms with Crippen molar-refractivity contribution in [2.24, 2.45) is 0 Å². The standard InChI is InChI=1S/C21H21Cl2N3O3S/c1-2-5-17-24-20-19(13-6-3-4-7-16(13)30-20)21(28)26(17)25-18(27)11-29-15-9-8-12(22)10-14(15)23/h8-10H,2-7,11H2,1H3,(H,25,27). The van der Waals surface area contributed by atoms with Gasteiger partial charge in [-0.1, -0.05) is 30.1 Å². The highest BCUT2D eigenvalue weighted by atomic mass is 35.5. The van der Waals surface area contributed by atoms with Gasteiger partial charge in [-0.15, -0.1) is 11.3 Å². The summed E-state index contributed by atoms with van der Waals surface area (Å²) in [6, 6.07) is 4.76. The summed E-state index contributed by atoms with van der Waals surface area (Å²) in [5.74, 6) is 0.426. The number of thiophene rings is 1. The lowest BCUT2D eigenvalue weighted by Crippen LogP contribution is -2.38. The molecule has 1 aliphatic carbocycles. The summed E-state index contributed by atoms with van der Waals surface area (Å²) in [6.07, 6.45) is 5.45. The van der Waals surface area contributed by atoms with E-state index in [1.54, 1.807) is 23.5 Å². The van der Waals surface area contributed by atoms with Crippen molar-refractivity contribution in [1.82, 2.24) is 9.66 Å². The molecule has 9 heteroatoms. The van der Waals surface area contributed by atoms with E-state index < -0.39 is 5.91 Å². The first-order valence-electron chi connectivity index (χ1n) is 9.91. The monoisotopic (exact) mass is 465 g/mol. The zero-order valence-corrected chi connectivity index (χ0v) is 18.8. The number of aromatic nitrogens is 2. The number of amides is 1. The van der Waals surface area contributed by atoms with Gasteiger partial charge in [0.15, 0.2) is 6.61 Å². The van der Waals surface area contributed by atoms with Crippen LogP contribution in [0.3, 0.4) is 0 Å². The molecule has 0 unspecified atom stereocenters. The van der Waals surface area contributed by atoms with Gasteiger partial charge in [-0.3, -0.25) is 15.0 Å². The molecule has 1 N–H and O–H groups in total. The summed E-state index contributed by atoms with van der Waals surface area (Å²) in [5, 5.41) is 1.43. The molecule has 0 atom stereocenters. The Morgan fingerprint density at radius 3 is 2.87 bits per heavy atom. The molecule has 0 radical (unpaired) electrons. The Kier molecular flexibility index (Phi) is 6.32. The zero-order valence-electron chi connectivity index (χ0n) is 16.5. The maximum Gasteiger partial charge on any atom is 0.281 e. The highest BCUT2D eigenvalue weighted by Gasteiger charge is 2.22. The van der Waals surface area contributed by atoms with Gasteiger partial charge in [0.1, 0.15) is 16.4 Å². The van der Waals surface area contributed by atoms with Crippen LogP contribution in [-0.4, -0.2) is 22.2 Å². The van der Waals surface area contributed by atoms with Crippen molar-refractivity contribution in [3.8, 4) is 5.75 Å². The molecule has 0 spiro atoms. The van der Waals surface area contributed by atoms with Crippen LogP contribution in [0, 0.1) is 0 Å². The number of carbonyl (C=O) groups excluding carboxylic acids is 1. The number of ether oxygens (including phenoxy) is 1. The van der Waals surface area contributed by atoms with Gasteiger partial charge in [0.05, 0.1) is 10.4 Å². The van der Waals surface area contributed by atoms with E-state index in [-0.39, 0.29) is 12.2 Å². The summed E-state index contributed by atoms with van der Waals surface area (Å²) < 4.78 is 6.77. The minimum Gasteiger partial charge on any atom is -0.482 e. The zero-order chi connectivity index (χ0) is 21.3. The number of aryl methyl sites for hydroxylation is 3. The summed E-state index contributed by atoms with van der Waals surface area (Å²) in [6.45, 7) is 1.72. The van der Waals surface area contributed by atoms with E-state index in [0.717, 1.165) is 42.5 Å². The second kappa shape index (κ2) is 8.96. The molecule has 4 rings (SSSR count). The molecule has 30 heavy (non-hydrogen) atoms. The third-order valence-electron chi connectivity index (χ3n) is 5.02. The topological polar surface area (TPSA) is 73.2 Å². The molecule has 2 heterocycles.